The third kappa shape index (κ3) is 14.6. The highest BCUT2D eigenvalue weighted by Crippen LogP contribution is 1.76. The van der Waals surface area contributed by atoms with Crippen LogP contribution in [-0.4, -0.2) is 45.0 Å². The molecule has 0 bridgehead atoms. The molecule has 0 aromatic heterocycles. The van der Waals surface area contributed by atoms with E-state index < -0.39 is 10.1 Å². The maximum absolute atomic E-state index is 9.56. The molecule has 0 amide bonds. The average molecular weight is 214 g/mol. The van der Waals surface area contributed by atoms with Crippen molar-refractivity contribution < 1.29 is 17.7 Å². The van der Waals surface area contributed by atoms with Gasteiger partial charge in [0, 0.05) is 13.1 Å². The predicted octanol–water partition coefficient (Wildman–Crippen LogP) is -0.338. The number of nitrogens with one attached hydrogen (secondary N) is 1. The number of hydrogen-bond acceptors (Lipinski definition) is 5. The van der Waals surface area contributed by atoms with Crippen molar-refractivity contribution in [2.75, 3.05) is 32.1 Å². The fourth-order valence-electron chi connectivity index (χ4n) is 0.516. The summed E-state index contributed by atoms with van der Waals surface area (Å²) < 4.78 is 31.9. The third-order valence-electron chi connectivity index (χ3n) is 1.21. The zero-order valence-electron chi connectivity index (χ0n) is 7.82. The van der Waals surface area contributed by atoms with E-state index in [0.29, 0.717) is 0 Å². The Morgan fingerprint density at radius 2 is 1.77 bits per heavy atom. The number of rotatable bonds is 1. The largest absolute Gasteiger partial charge is 0.379 e. The van der Waals surface area contributed by atoms with E-state index in [1.807, 2.05) is 0 Å². The highest BCUT2D eigenvalue weighted by Gasteiger charge is 1.93. The SMILES string of the molecule is C1COCCN1.CCS(=O)(=O)O.N. The summed E-state index contributed by atoms with van der Waals surface area (Å²) in [5.74, 6) is -0.201. The summed E-state index contributed by atoms with van der Waals surface area (Å²) in [6.07, 6.45) is 0. The summed E-state index contributed by atoms with van der Waals surface area (Å²) in [4.78, 5) is 0. The van der Waals surface area contributed by atoms with Gasteiger partial charge in [0.25, 0.3) is 10.1 Å². The topological polar surface area (TPSA) is 111 Å². The van der Waals surface area contributed by atoms with Crippen LogP contribution in [0.15, 0.2) is 0 Å². The van der Waals surface area contributed by atoms with E-state index in [1.54, 1.807) is 0 Å². The van der Waals surface area contributed by atoms with Crippen LogP contribution in [0.4, 0.5) is 0 Å². The Morgan fingerprint density at radius 3 is 1.85 bits per heavy atom. The van der Waals surface area contributed by atoms with Crippen LogP contribution in [0.25, 0.3) is 0 Å². The van der Waals surface area contributed by atoms with E-state index in [2.05, 4.69) is 5.32 Å². The molecule has 0 aliphatic carbocycles. The van der Waals surface area contributed by atoms with Crippen LogP contribution in [0.5, 0.6) is 0 Å². The Balaban J connectivity index is 0. The molecule has 1 rings (SSSR count). The summed E-state index contributed by atoms with van der Waals surface area (Å²) in [6, 6.07) is 0. The third-order valence-corrected chi connectivity index (χ3v) is 1.94. The molecule has 1 fully saturated rings. The van der Waals surface area contributed by atoms with Crippen LogP contribution in [0.1, 0.15) is 6.92 Å². The number of hydrogen-bond donors (Lipinski definition) is 3. The van der Waals surface area contributed by atoms with Crippen LogP contribution in [-0.2, 0) is 14.9 Å². The quantitative estimate of drug-likeness (QED) is 0.515. The minimum absolute atomic E-state index is 0. The van der Waals surface area contributed by atoms with Crippen molar-refractivity contribution in [2.24, 2.45) is 0 Å². The van der Waals surface area contributed by atoms with Crippen molar-refractivity contribution in [2.45, 2.75) is 6.92 Å². The maximum Gasteiger partial charge on any atom is 0.264 e. The Labute approximate surface area is 79.0 Å². The van der Waals surface area contributed by atoms with E-state index in [9.17, 15) is 8.42 Å². The standard InChI is InChI=1S/C4H9NO.C2H6O3S.H3N/c1-3-6-4-2-5-1;1-2-6(3,4)5;/h5H,1-4H2;2H2,1H3,(H,3,4,5);1H3. The molecule has 0 radical (unpaired) electrons. The van der Waals surface area contributed by atoms with Crippen molar-refractivity contribution in [3.8, 4) is 0 Å². The lowest BCUT2D eigenvalue weighted by molar-refractivity contribution is 0.109. The number of morpholine rings is 1. The summed E-state index contributed by atoms with van der Waals surface area (Å²) in [5, 5.41) is 3.16. The van der Waals surface area contributed by atoms with Gasteiger partial charge in [-0.2, -0.15) is 8.42 Å². The Morgan fingerprint density at radius 1 is 1.38 bits per heavy atom. The fraction of sp³-hybridized carbons (Fsp3) is 1.00. The lowest BCUT2D eigenvalue weighted by atomic mass is 10.5. The molecular formula is C6H18N2O4S. The van der Waals surface area contributed by atoms with E-state index in [0.717, 1.165) is 26.3 Å². The molecule has 1 aliphatic rings. The molecule has 7 heteroatoms. The van der Waals surface area contributed by atoms with E-state index in [1.165, 1.54) is 6.92 Å². The molecule has 0 saturated carbocycles. The van der Waals surface area contributed by atoms with E-state index in [4.69, 9.17) is 9.29 Å². The number of ether oxygens (including phenoxy) is 1. The van der Waals surface area contributed by atoms with Crippen molar-refractivity contribution in [3.63, 3.8) is 0 Å². The molecular weight excluding hydrogens is 196 g/mol. The summed E-state index contributed by atoms with van der Waals surface area (Å²) in [5.41, 5.74) is 0. The van der Waals surface area contributed by atoms with Gasteiger partial charge in [-0.1, -0.05) is 0 Å². The van der Waals surface area contributed by atoms with Gasteiger partial charge in [-0.3, -0.25) is 4.55 Å². The molecule has 6 nitrogen and oxygen atoms in total. The molecule has 1 saturated heterocycles. The normalized spacial score (nSPS) is 16.5. The smallest absolute Gasteiger partial charge is 0.264 e. The molecule has 0 aromatic carbocycles. The van der Waals surface area contributed by atoms with Gasteiger partial charge in [-0.15, -0.1) is 0 Å². The first kappa shape index (κ1) is 15.3. The van der Waals surface area contributed by atoms with Gasteiger partial charge in [0.1, 0.15) is 0 Å². The second-order valence-corrected chi connectivity index (χ2v) is 3.97. The monoisotopic (exact) mass is 214 g/mol. The highest BCUT2D eigenvalue weighted by molar-refractivity contribution is 7.85. The molecule has 1 aliphatic heterocycles. The van der Waals surface area contributed by atoms with Crippen LogP contribution in [0.3, 0.4) is 0 Å². The Kier molecular flexibility index (Phi) is 9.86. The maximum atomic E-state index is 9.56. The van der Waals surface area contributed by atoms with Crippen molar-refractivity contribution in [3.05, 3.63) is 0 Å². The van der Waals surface area contributed by atoms with Gasteiger partial charge in [-0.25, -0.2) is 0 Å². The second kappa shape index (κ2) is 8.39. The Bertz CT molecular complexity index is 177. The first-order valence-electron chi connectivity index (χ1n) is 3.80. The molecule has 5 N–H and O–H groups in total. The zero-order valence-corrected chi connectivity index (χ0v) is 8.64. The van der Waals surface area contributed by atoms with Gasteiger partial charge in [0.15, 0.2) is 0 Å². The molecule has 13 heavy (non-hydrogen) atoms. The molecule has 0 atom stereocenters. The van der Waals surface area contributed by atoms with Crippen molar-refractivity contribution in [1.29, 1.82) is 0 Å². The van der Waals surface area contributed by atoms with Crippen LogP contribution >= 0.6 is 0 Å². The lowest BCUT2D eigenvalue weighted by Crippen LogP contribution is -2.30. The average Bonchev–Trinajstić information content (AvgIpc) is 2.07. The summed E-state index contributed by atoms with van der Waals surface area (Å²) >= 11 is 0. The van der Waals surface area contributed by atoms with E-state index in [-0.39, 0.29) is 11.9 Å². The summed E-state index contributed by atoms with van der Waals surface area (Å²) in [7, 11) is -3.66. The van der Waals surface area contributed by atoms with Crippen LogP contribution in [0, 0.1) is 0 Å². The first-order valence-corrected chi connectivity index (χ1v) is 5.41. The molecule has 0 spiro atoms. The lowest BCUT2D eigenvalue weighted by Gasteiger charge is -2.10. The van der Waals surface area contributed by atoms with Crippen LogP contribution in [0.2, 0.25) is 0 Å². The summed E-state index contributed by atoms with van der Waals surface area (Å²) in [6.45, 7) is 5.20. The molecule has 0 aromatic rings. The highest BCUT2D eigenvalue weighted by atomic mass is 32.2. The van der Waals surface area contributed by atoms with Gasteiger partial charge in [0.2, 0.25) is 0 Å². The van der Waals surface area contributed by atoms with Gasteiger partial charge >= 0.3 is 0 Å². The predicted molar refractivity (Wildman–Crippen MR) is 50.8 cm³/mol. The van der Waals surface area contributed by atoms with Crippen LogP contribution < -0.4 is 11.5 Å². The molecule has 0 unspecified atom stereocenters. The zero-order chi connectivity index (χ0) is 9.45. The molecule has 1 heterocycles. The van der Waals surface area contributed by atoms with Crippen molar-refractivity contribution >= 4 is 10.1 Å². The Hall–Kier alpha value is -0.210. The molecule has 82 valence electrons. The minimum atomic E-state index is -3.66. The van der Waals surface area contributed by atoms with Gasteiger partial charge in [0.05, 0.1) is 19.0 Å². The van der Waals surface area contributed by atoms with Gasteiger partial charge in [-0.05, 0) is 6.92 Å². The van der Waals surface area contributed by atoms with E-state index >= 15 is 0 Å². The first-order chi connectivity index (χ1) is 5.56. The second-order valence-electron chi connectivity index (χ2n) is 2.23. The van der Waals surface area contributed by atoms with Crippen molar-refractivity contribution in [1.82, 2.24) is 11.5 Å². The fourth-order valence-corrected chi connectivity index (χ4v) is 0.516. The van der Waals surface area contributed by atoms with Gasteiger partial charge < -0.3 is 16.2 Å². The minimum Gasteiger partial charge on any atom is -0.379 e.